The number of rotatable bonds is 3. The maximum Gasteiger partial charge on any atom is 0.257 e. The van der Waals surface area contributed by atoms with Crippen LogP contribution in [0.15, 0.2) is 10.5 Å². The second-order valence-corrected chi connectivity index (χ2v) is 6.86. The molecule has 2 saturated heterocycles. The zero-order chi connectivity index (χ0) is 15.7. The summed E-state index contributed by atoms with van der Waals surface area (Å²) in [5, 5.41) is 10.9. The van der Waals surface area contributed by atoms with Crippen LogP contribution in [0.5, 0.6) is 0 Å². The third-order valence-corrected chi connectivity index (χ3v) is 4.83. The van der Waals surface area contributed by atoms with Gasteiger partial charge in [-0.05, 0) is 58.7 Å². The monoisotopic (exact) mass is 306 g/mol. The summed E-state index contributed by atoms with van der Waals surface area (Å²) < 4.78 is 5.47. The fourth-order valence-corrected chi connectivity index (χ4v) is 3.79. The number of β-amino-alcohol motifs (C(OH)–C–C–N with tert-alkyl or cyclic N) is 1. The molecule has 2 fully saturated rings. The van der Waals surface area contributed by atoms with Crippen LogP contribution in [0.3, 0.4) is 0 Å². The van der Waals surface area contributed by atoms with Gasteiger partial charge in [0, 0.05) is 13.1 Å². The van der Waals surface area contributed by atoms with Crippen LogP contribution in [0.4, 0.5) is 0 Å². The molecule has 0 spiro atoms. The number of amides is 1. The van der Waals surface area contributed by atoms with Gasteiger partial charge < -0.3 is 19.3 Å². The number of piperidine rings is 1. The van der Waals surface area contributed by atoms with Crippen LogP contribution in [0, 0.1) is 13.8 Å². The molecule has 3 heterocycles. The van der Waals surface area contributed by atoms with Crippen LogP contribution in [-0.2, 0) is 0 Å². The first-order chi connectivity index (χ1) is 10.5. The zero-order valence-electron chi connectivity index (χ0n) is 13.6. The van der Waals surface area contributed by atoms with E-state index in [1.807, 2.05) is 13.8 Å². The van der Waals surface area contributed by atoms with Crippen molar-refractivity contribution in [2.45, 2.75) is 45.1 Å². The number of carbonyl (C=O) groups is 1. The molecule has 0 radical (unpaired) electrons. The summed E-state index contributed by atoms with van der Waals surface area (Å²) in [4.78, 5) is 16.8. The van der Waals surface area contributed by atoms with Crippen molar-refractivity contribution >= 4 is 5.91 Å². The Morgan fingerprint density at radius 2 is 2.00 bits per heavy atom. The molecule has 2 aliphatic heterocycles. The molecule has 5 nitrogen and oxygen atoms in total. The highest BCUT2D eigenvalue weighted by Crippen LogP contribution is 2.26. The fraction of sp³-hybridized carbons (Fsp3) is 0.706. The minimum absolute atomic E-state index is 0.0195. The fourth-order valence-electron chi connectivity index (χ4n) is 3.79. The SMILES string of the molecule is Cc1cc(C(=O)N2CCC[C@@](O)(CN3CCCC3)C2)c(C)o1. The van der Waals surface area contributed by atoms with Crippen LogP contribution in [0.2, 0.25) is 0 Å². The second kappa shape index (κ2) is 6.05. The van der Waals surface area contributed by atoms with E-state index >= 15 is 0 Å². The predicted molar refractivity (Wildman–Crippen MR) is 83.9 cm³/mol. The van der Waals surface area contributed by atoms with Gasteiger partial charge in [0.25, 0.3) is 5.91 Å². The first-order valence-corrected chi connectivity index (χ1v) is 8.28. The third kappa shape index (κ3) is 3.20. The summed E-state index contributed by atoms with van der Waals surface area (Å²) in [5.41, 5.74) is -0.145. The predicted octanol–water partition coefficient (Wildman–Crippen LogP) is 1.96. The van der Waals surface area contributed by atoms with Gasteiger partial charge in [0.15, 0.2) is 0 Å². The van der Waals surface area contributed by atoms with Crippen molar-refractivity contribution < 1.29 is 14.3 Å². The van der Waals surface area contributed by atoms with Gasteiger partial charge in [-0.3, -0.25) is 4.79 Å². The van der Waals surface area contributed by atoms with Crippen molar-refractivity contribution in [3.8, 4) is 0 Å². The Bertz CT molecular complexity index is 548. The number of aliphatic hydroxyl groups is 1. The molecule has 0 saturated carbocycles. The Morgan fingerprint density at radius 3 is 2.64 bits per heavy atom. The molecule has 1 aromatic rings. The topological polar surface area (TPSA) is 56.9 Å². The van der Waals surface area contributed by atoms with Crippen molar-refractivity contribution in [2.24, 2.45) is 0 Å². The van der Waals surface area contributed by atoms with E-state index in [0.717, 1.165) is 31.7 Å². The van der Waals surface area contributed by atoms with E-state index in [0.29, 0.717) is 31.0 Å². The quantitative estimate of drug-likeness (QED) is 0.927. The summed E-state index contributed by atoms with van der Waals surface area (Å²) >= 11 is 0. The lowest BCUT2D eigenvalue weighted by molar-refractivity contribution is -0.0431. The largest absolute Gasteiger partial charge is 0.466 e. The highest BCUT2D eigenvalue weighted by atomic mass is 16.3. The maximum absolute atomic E-state index is 12.7. The van der Waals surface area contributed by atoms with Crippen LogP contribution in [-0.4, -0.2) is 59.1 Å². The lowest BCUT2D eigenvalue weighted by atomic mass is 9.91. The number of nitrogens with zero attached hydrogens (tertiary/aromatic N) is 2. The Morgan fingerprint density at radius 1 is 1.27 bits per heavy atom. The second-order valence-electron chi connectivity index (χ2n) is 6.86. The highest BCUT2D eigenvalue weighted by molar-refractivity contribution is 5.95. The molecule has 5 heteroatoms. The summed E-state index contributed by atoms with van der Waals surface area (Å²) in [6, 6.07) is 1.80. The molecule has 0 unspecified atom stereocenters. The molecule has 122 valence electrons. The third-order valence-electron chi connectivity index (χ3n) is 4.83. The molecule has 1 N–H and O–H groups in total. The van der Waals surface area contributed by atoms with E-state index in [9.17, 15) is 9.90 Å². The summed E-state index contributed by atoms with van der Waals surface area (Å²) in [5.74, 6) is 1.40. The van der Waals surface area contributed by atoms with E-state index in [2.05, 4.69) is 4.90 Å². The molecule has 0 bridgehead atoms. The van der Waals surface area contributed by atoms with E-state index in [-0.39, 0.29) is 5.91 Å². The molecule has 0 aromatic carbocycles. The van der Waals surface area contributed by atoms with Gasteiger partial charge in [-0.1, -0.05) is 0 Å². The Labute approximate surface area is 131 Å². The van der Waals surface area contributed by atoms with Crippen molar-refractivity contribution in [3.05, 3.63) is 23.2 Å². The number of carbonyl (C=O) groups excluding carboxylic acids is 1. The molecular weight excluding hydrogens is 280 g/mol. The standard InChI is InChI=1S/C17H26N2O3/c1-13-10-15(14(2)22-13)16(20)19-9-5-6-17(21,12-19)11-18-7-3-4-8-18/h10,21H,3-9,11-12H2,1-2H3/t17-/m1/s1. The molecule has 3 rings (SSSR count). The van der Waals surface area contributed by atoms with Gasteiger partial charge in [0.05, 0.1) is 17.7 Å². The van der Waals surface area contributed by atoms with Crippen LogP contribution >= 0.6 is 0 Å². The van der Waals surface area contributed by atoms with Crippen molar-refractivity contribution in [2.75, 3.05) is 32.7 Å². The van der Waals surface area contributed by atoms with E-state index in [1.165, 1.54) is 12.8 Å². The van der Waals surface area contributed by atoms with E-state index in [1.54, 1.807) is 11.0 Å². The van der Waals surface area contributed by atoms with Crippen LogP contribution in [0.25, 0.3) is 0 Å². The first-order valence-electron chi connectivity index (χ1n) is 8.28. The average Bonchev–Trinajstić information content (AvgIpc) is 3.07. The molecule has 22 heavy (non-hydrogen) atoms. The van der Waals surface area contributed by atoms with Crippen molar-refractivity contribution in [1.29, 1.82) is 0 Å². The van der Waals surface area contributed by atoms with Gasteiger partial charge in [0.1, 0.15) is 11.5 Å². The van der Waals surface area contributed by atoms with Gasteiger partial charge in [-0.15, -0.1) is 0 Å². The number of hydrogen-bond acceptors (Lipinski definition) is 4. The molecule has 1 aromatic heterocycles. The first kappa shape index (κ1) is 15.6. The van der Waals surface area contributed by atoms with E-state index < -0.39 is 5.60 Å². The normalized spacial score (nSPS) is 26.6. The summed E-state index contributed by atoms with van der Waals surface area (Å²) in [6.07, 6.45) is 4.06. The molecule has 2 aliphatic rings. The van der Waals surface area contributed by atoms with Gasteiger partial charge in [0.2, 0.25) is 0 Å². The van der Waals surface area contributed by atoms with Crippen molar-refractivity contribution in [3.63, 3.8) is 0 Å². The van der Waals surface area contributed by atoms with Crippen LogP contribution in [0.1, 0.15) is 47.6 Å². The maximum atomic E-state index is 12.7. The lowest BCUT2D eigenvalue weighted by Crippen LogP contribution is -2.55. The zero-order valence-corrected chi connectivity index (χ0v) is 13.6. The minimum Gasteiger partial charge on any atom is -0.466 e. The Kier molecular flexibility index (Phi) is 4.28. The summed E-state index contributed by atoms with van der Waals surface area (Å²) in [7, 11) is 0. The highest BCUT2D eigenvalue weighted by Gasteiger charge is 2.37. The van der Waals surface area contributed by atoms with Gasteiger partial charge >= 0.3 is 0 Å². The molecule has 1 amide bonds. The minimum atomic E-state index is -0.773. The lowest BCUT2D eigenvalue weighted by Gasteiger charge is -2.41. The molecule has 0 aliphatic carbocycles. The Balaban J connectivity index is 1.69. The number of likely N-dealkylation sites (tertiary alicyclic amines) is 2. The average molecular weight is 306 g/mol. The molecule has 1 atom stereocenters. The Hall–Kier alpha value is -1.33. The number of furan rings is 1. The van der Waals surface area contributed by atoms with Gasteiger partial charge in [-0.25, -0.2) is 0 Å². The van der Waals surface area contributed by atoms with Gasteiger partial charge in [-0.2, -0.15) is 0 Å². The van der Waals surface area contributed by atoms with E-state index in [4.69, 9.17) is 4.42 Å². The summed E-state index contributed by atoms with van der Waals surface area (Å²) in [6.45, 7) is 7.62. The van der Waals surface area contributed by atoms with Crippen molar-refractivity contribution in [1.82, 2.24) is 9.80 Å². The number of hydrogen-bond donors (Lipinski definition) is 1. The molecular formula is C17H26N2O3. The number of aryl methyl sites for hydroxylation is 2. The smallest absolute Gasteiger partial charge is 0.257 e. The van der Waals surface area contributed by atoms with Crippen LogP contribution < -0.4 is 0 Å².